The topological polar surface area (TPSA) is 65.0 Å². The molecule has 8 aromatic carbocycles. The van der Waals surface area contributed by atoms with Gasteiger partial charge in [0.15, 0.2) is 17.5 Å². The lowest BCUT2D eigenvalue weighted by atomic mass is 9.99. The van der Waals surface area contributed by atoms with Gasteiger partial charge in [0.25, 0.3) is 0 Å². The fourth-order valence-electron chi connectivity index (χ4n) is 8.10. The van der Waals surface area contributed by atoms with Crippen molar-refractivity contribution in [1.29, 1.82) is 0 Å². The lowest BCUT2D eigenvalue weighted by Crippen LogP contribution is -2.00. The highest BCUT2D eigenvalue weighted by Crippen LogP contribution is 2.42. The van der Waals surface area contributed by atoms with Gasteiger partial charge in [-0.25, -0.2) is 15.0 Å². The molecule has 0 unspecified atom stereocenters. The summed E-state index contributed by atoms with van der Waals surface area (Å²) < 4.78 is 15.3. The van der Waals surface area contributed by atoms with Gasteiger partial charge >= 0.3 is 0 Å². The van der Waals surface area contributed by atoms with E-state index >= 15 is 0 Å². The molecular formula is C49H27N3O2S. The van der Waals surface area contributed by atoms with Crippen molar-refractivity contribution < 1.29 is 8.83 Å². The number of nitrogens with zero attached hydrogens (tertiary/aromatic N) is 3. The summed E-state index contributed by atoms with van der Waals surface area (Å²) >= 11 is 1.79. The Morgan fingerprint density at radius 3 is 1.95 bits per heavy atom. The Bertz CT molecular complexity index is 3520. The van der Waals surface area contributed by atoms with Gasteiger partial charge in [-0.3, -0.25) is 0 Å². The van der Waals surface area contributed by atoms with Crippen LogP contribution in [0.3, 0.4) is 0 Å². The molecule has 12 aromatic rings. The first kappa shape index (κ1) is 30.3. The number of aromatic nitrogens is 3. The molecule has 12 rings (SSSR count). The summed E-state index contributed by atoms with van der Waals surface area (Å²) in [6.07, 6.45) is 0. The zero-order valence-electron chi connectivity index (χ0n) is 29.2. The smallest absolute Gasteiger partial charge is 0.164 e. The minimum Gasteiger partial charge on any atom is -0.456 e. The van der Waals surface area contributed by atoms with Crippen molar-refractivity contribution in [2.75, 3.05) is 0 Å². The first-order chi connectivity index (χ1) is 27.2. The average molecular weight is 722 g/mol. The van der Waals surface area contributed by atoms with Crippen LogP contribution in [0.1, 0.15) is 0 Å². The van der Waals surface area contributed by atoms with Crippen molar-refractivity contribution in [3.8, 4) is 45.3 Å². The predicted octanol–water partition coefficient (Wildman–Crippen LogP) is 13.9. The van der Waals surface area contributed by atoms with Gasteiger partial charge < -0.3 is 8.83 Å². The Morgan fingerprint density at radius 1 is 0.364 bits per heavy atom. The van der Waals surface area contributed by atoms with E-state index in [2.05, 4.69) is 127 Å². The van der Waals surface area contributed by atoms with E-state index in [0.29, 0.717) is 17.5 Å². The van der Waals surface area contributed by atoms with E-state index in [9.17, 15) is 0 Å². The molecule has 55 heavy (non-hydrogen) atoms. The van der Waals surface area contributed by atoms with Crippen LogP contribution in [0.4, 0.5) is 0 Å². The summed E-state index contributed by atoms with van der Waals surface area (Å²) in [5, 5.41) is 8.94. The molecule has 0 bridgehead atoms. The molecule has 0 spiro atoms. The Kier molecular flexibility index (Phi) is 6.44. The van der Waals surface area contributed by atoms with Crippen LogP contribution < -0.4 is 0 Å². The lowest BCUT2D eigenvalue weighted by Gasteiger charge is -2.10. The largest absolute Gasteiger partial charge is 0.456 e. The van der Waals surface area contributed by atoms with E-state index in [0.717, 1.165) is 77.1 Å². The zero-order valence-corrected chi connectivity index (χ0v) is 30.0. The van der Waals surface area contributed by atoms with Crippen molar-refractivity contribution in [1.82, 2.24) is 15.0 Å². The lowest BCUT2D eigenvalue weighted by molar-refractivity contribution is 0.668. The van der Waals surface area contributed by atoms with E-state index < -0.39 is 0 Å². The second kappa shape index (κ2) is 11.7. The molecule has 0 radical (unpaired) electrons. The van der Waals surface area contributed by atoms with Crippen molar-refractivity contribution >= 4 is 86.2 Å². The van der Waals surface area contributed by atoms with Crippen molar-refractivity contribution in [2.45, 2.75) is 0 Å². The molecule has 0 N–H and O–H groups in total. The number of thiophene rings is 1. The summed E-state index contributed by atoms with van der Waals surface area (Å²) in [5.74, 6) is 1.83. The molecule has 4 aromatic heterocycles. The van der Waals surface area contributed by atoms with Gasteiger partial charge in [0.1, 0.15) is 22.3 Å². The van der Waals surface area contributed by atoms with Crippen molar-refractivity contribution in [3.05, 3.63) is 164 Å². The maximum atomic E-state index is 6.74. The fraction of sp³-hybridized carbons (Fsp3) is 0. The molecule has 0 amide bonds. The van der Waals surface area contributed by atoms with Gasteiger partial charge in [-0.15, -0.1) is 11.3 Å². The maximum Gasteiger partial charge on any atom is 0.164 e. The Morgan fingerprint density at radius 2 is 1.02 bits per heavy atom. The molecule has 0 saturated carbocycles. The first-order valence-electron chi connectivity index (χ1n) is 18.3. The van der Waals surface area contributed by atoms with Crippen molar-refractivity contribution in [2.24, 2.45) is 0 Å². The first-order valence-corrected chi connectivity index (χ1v) is 19.1. The van der Waals surface area contributed by atoms with E-state index in [1.54, 1.807) is 11.3 Å². The van der Waals surface area contributed by atoms with Crippen LogP contribution in [-0.4, -0.2) is 15.0 Å². The van der Waals surface area contributed by atoms with Gasteiger partial charge in [0.05, 0.1) is 0 Å². The summed E-state index contributed by atoms with van der Waals surface area (Å²) in [4.78, 5) is 15.6. The number of fused-ring (bicyclic) bond motifs is 10. The highest BCUT2D eigenvalue weighted by Gasteiger charge is 2.21. The monoisotopic (exact) mass is 721 g/mol. The molecule has 5 nitrogen and oxygen atoms in total. The van der Waals surface area contributed by atoms with Crippen LogP contribution in [0.5, 0.6) is 0 Å². The van der Waals surface area contributed by atoms with Crippen LogP contribution in [-0.2, 0) is 0 Å². The number of hydrogen-bond donors (Lipinski definition) is 0. The van der Waals surface area contributed by atoms with Crippen molar-refractivity contribution in [3.63, 3.8) is 0 Å². The average Bonchev–Trinajstić information content (AvgIpc) is 3.94. The minimum absolute atomic E-state index is 0.592. The molecule has 0 aliphatic carbocycles. The number of furan rings is 2. The predicted molar refractivity (Wildman–Crippen MR) is 227 cm³/mol. The SMILES string of the molecule is c1ccc2cc(-c3nc(-c4ccc5c(c4)sc4ccccc45)nc(-c4cccc5oc6c(-c7ccc8oc9ccccc9c8c7)cccc6c45)n3)ccc2c1. The molecule has 4 heterocycles. The molecule has 256 valence electrons. The standard InChI is InChI=1S/C49H27N3O2S/c1-2-10-29-25-31(20-19-28(29)9-1)47-50-48(32-21-23-36-35-12-4-6-18-43(35)55-44(36)27-32)52-49(51-47)38-15-8-17-42-45(38)37-14-7-13-33(46(37)54-42)30-22-24-41-39(26-30)34-11-3-5-16-40(34)53-41/h1-27H. The van der Waals surface area contributed by atoms with Gasteiger partial charge in [-0.2, -0.15) is 0 Å². The molecule has 0 fully saturated rings. The number of hydrogen-bond acceptors (Lipinski definition) is 6. The number of rotatable bonds is 4. The maximum absolute atomic E-state index is 6.74. The van der Waals surface area contributed by atoms with Crippen LogP contribution in [0.15, 0.2) is 173 Å². The van der Waals surface area contributed by atoms with Gasteiger partial charge in [-0.1, -0.05) is 121 Å². The third-order valence-corrected chi connectivity index (χ3v) is 11.9. The summed E-state index contributed by atoms with van der Waals surface area (Å²) in [7, 11) is 0. The highest BCUT2D eigenvalue weighted by atomic mass is 32.1. The third-order valence-electron chi connectivity index (χ3n) is 10.7. The minimum atomic E-state index is 0.592. The highest BCUT2D eigenvalue weighted by molar-refractivity contribution is 7.25. The van der Waals surface area contributed by atoms with E-state index in [1.807, 2.05) is 36.4 Å². The molecule has 0 atom stereocenters. The summed E-state index contributed by atoms with van der Waals surface area (Å²) in [6, 6.07) is 56.8. The Labute approximate surface area is 317 Å². The quantitative estimate of drug-likeness (QED) is 0.181. The van der Waals surface area contributed by atoms with Gasteiger partial charge in [0, 0.05) is 64.0 Å². The van der Waals surface area contributed by atoms with Crippen LogP contribution in [0, 0.1) is 0 Å². The number of para-hydroxylation sites is 2. The fourth-order valence-corrected chi connectivity index (χ4v) is 9.25. The molecular weight excluding hydrogens is 695 g/mol. The van der Waals surface area contributed by atoms with E-state index in [-0.39, 0.29) is 0 Å². The van der Waals surface area contributed by atoms with Gasteiger partial charge in [-0.05, 0) is 58.8 Å². The van der Waals surface area contributed by atoms with Crippen LogP contribution in [0.25, 0.3) is 120 Å². The Hall–Kier alpha value is -7.15. The van der Waals surface area contributed by atoms with Crippen LogP contribution in [0.2, 0.25) is 0 Å². The van der Waals surface area contributed by atoms with E-state index in [4.69, 9.17) is 23.8 Å². The zero-order chi connectivity index (χ0) is 36.0. The van der Waals surface area contributed by atoms with Gasteiger partial charge in [0.2, 0.25) is 0 Å². The second-order valence-corrected chi connectivity index (χ2v) is 15.0. The molecule has 0 aliphatic rings. The molecule has 0 aliphatic heterocycles. The number of benzene rings is 8. The normalized spacial score (nSPS) is 12.0. The van der Waals surface area contributed by atoms with E-state index in [1.165, 1.54) is 25.6 Å². The summed E-state index contributed by atoms with van der Waals surface area (Å²) in [5.41, 5.74) is 8.16. The Balaban J connectivity index is 1.07. The molecule has 0 saturated heterocycles. The second-order valence-electron chi connectivity index (χ2n) is 13.9. The molecule has 6 heteroatoms. The van der Waals surface area contributed by atoms with Crippen LogP contribution >= 0.6 is 11.3 Å². The summed E-state index contributed by atoms with van der Waals surface area (Å²) in [6.45, 7) is 0. The third kappa shape index (κ3) is 4.75.